The van der Waals surface area contributed by atoms with Gasteiger partial charge in [-0.05, 0) is 36.2 Å². The number of hydrogen-bond donors (Lipinski definition) is 2. The largest absolute Gasteiger partial charge is 0.323 e. The predicted molar refractivity (Wildman–Crippen MR) is 90.2 cm³/mol. The van der Waals surface area contributed by atoms with Crippen LogP contribution in [0.25, 0.3) is 0 Å². The van der Waals surface area contributed by atoms with Gasteiger partial charge in [0.25, 0.3) is 10.2 Å². The number of anilines is 1. The van der Waals surface area contributed by atoms with Gasteiger partial charge >= 0.3 is 0 Å². The monoisotopic (exact) mass is 364 g/mol. The summed E-state index contributed by atoms with van der Waals surface area (Å²) >= 11 is 0. The number of nitrogens with one attached hydrogen (secondary N) is 2. The topological polar surface area (TPSA) is 91.4 Å². The average molecular weight is 364 g/mol. The van der Waals surface area contributed by atoms with Crippen LogP contribution in [0.15, 0.2) is 48.8 Å². The molecule has 0 radical (unpaired) electrons. The summed E-state index contributed by atoms with van der Waals surface area (Å²) in [7, 11) is -2.50. The molecule has 9 heteroatoms. The van der Waals surface area contributed by atoms with Crippen molar-refractivity contribution in [1.82, 2.24) is 14.0 Å². The number of hydrogen-bond acceptors (Lipinski definition) is 4. The van der Waals surface area contributed by atoms with Gasteiger partial charge in [0.05, 0.1) is 11.9 Å². The number of likely N-dealkylation sites (N-methyl/N-ethyl adjacent to an activating group) is 1. The Morgan fingerprint density at radius 2 is 2.04 bits per heavy atom. The highest BCUT2D eigenvalue weighted by Crippen LogP contribution is 2.28. The van der Waals surface area contributed by atoms with Gasteiger partial charge in [-0.3, -0.25) is 9.78 Å². The number of halogens is 1. The zero-order valence-electron chi connectivity index (χ0n) is 13.4. The van der Waals surface area contributed by atoms with E-state index >= 15 is 0 Å². The average Bonchev–Trinajstić information content (AvgIpc) is 2.58. The molecule has 1 amide bonds. The molecular formula is C16H17FN4O3S. The second kappa shape index (κ2) is 6.87. The molecule has 2 heterocycles. The Hall–Kier alpha value is -2.36. The standard InChI is InChI=1S/C16H17FN4O3S/c1-21-15(16(22)19-13-3-2-8-18-10-13)9-14(20-25(21,23)24)11-4-6-12(17)7-5-11/h2-8,10,14-15,20H,9H2,1H3,(H,19,22)/t14-,15+/m0/s1. The molecule has 0 bridgehead atoms. The highest BCUT2D eigenvalue weighted by molar-refractivity contribution is 7.87. The predicted octanol–water partition coefficient (Wildman–Crippen LogP) is 1.44. The van der Waals surface area contributed by atoms with Gasteiger partial charge in [-0.1, -0.05) is 12.1 Å². The fourth-order valence-corrected chi connectivity index (χ4v) is 3.96. The van der Waals surface area contributed by atoms with E-state index < -0.39 is 34.0 Å². The highest BCUT2D eigenvalue weighted by atomic mass is 32.2. The molecule has 0 aliphatic carbocycles. The van der Waals surface area contributed by atoms with E-state index in [0.29, 0.717) is 11.3 Å². The minimum Gasteiger partial charge on any atom is -0.323 e. The van der Waals surface area contributed by atoms with E-state index in [2.05, 4.69) is 15.0 Å². The van der Waals surface area contributed by atoms with Crippen molar-refractivity contribution in [3.8, 4) is 0 Å². The van der Waals surface area contributed by atoms with Crippen molar-refractivity contribution in [1.29, 1.82) is 0 Å². The molecule has 1 aromatic carbocycles. The van der Waals surface area contributed by atoms with Crippen LogP contribution < -0.4 is 10.0 Å². The number of carbonyl (C=O) groups is 1. The van der Waals surface area contributed by atoms with Crippen molar-refractivity contribution in [2.45, 2.75) is 18.5 Å². The maximum absolute atomic E-state index is 13.1. The number of nitrogens with zero attached hydrogens (tertiary/aromatic N) is 2. The lowest BCUT2D eigenvalue weighted by Gasteiger charge is -2.36. The normalized spacial score (nSPS) is 23.1. The molecule has 1 saturated heterocycles. The number of aromatic nitrogens is 1. The Bertz CT molecular complexity index is 859. The van der Waals surface area contributed by atoms with E-state index in [4.69, 9.17) is 0 Å². The SMILES string of the molecule is CN1[C@@H](C(=O)Nc2cccnc2)C[C@@H](c2ccc(F)cc2)NS1(=O)=O. The van der Waals surface area contributed by atoms with Crippen molar-refractivity contribution in [2.24, 2.45) is 0 Å². The summed E-state index contributed by atoms with van der Waals surface area (Å²) in [6, 6.07) is 7.33. The van der Waals surface area contributed by atoms with Crippen LogP contribution in [-0.4, -0.2) is 36.7 Å². The lowest BCUT2D eigenvalue weighted by molar-refractivity contribution is -0.120. The van der Waals surface area contributed by atoms with Gasteiger partial charge in [-0.2, -0.15) is 17.4 Å². The molecule has 0 spiro atoms. The number of rotatable bonds is 3. The third-order valence-electron chi connectivity index (χ3n) is 4.07. The van der Waals surface area contributed by atoms with Crippen molar-refractivity contribution in [3.63, 3.8) is 0 Å². The molecule has 1 aliphatic rings. The van der Waals surface area contributed by atoms with Crippen LogP contribution >= 0.6 is 0 Å². The first-order valence-electron chi connectivity index (χ1n) is 7.58. The Labute approximate surface area is 145 Å². The molecule has 25 heavy (non-hydrogen) atoms. The van der Waals surface area contributed by atoms with Crippen molar-refractivity contribution in [3.05, 3.63) is 60.2 Å². The molecule has 2 N–H and O–H groups in total. The van der Waals surface area contributed by atoms with Crippen LogP contribution in [0, 0.1) is 5.82 Å². The van der Waals surface area contributed by atoms with Gasteiger partial charge in [0, 0.05) is 19.3 Å². The van der Waals surface area contributed by atoms with E-state index in [1.165, 1.54) is 37.5 Å². The molecule has 7 nitrogen and oxygen atoms in total. The quantitative estimate of drug-likeness (QED) is 0.862. The molecule has 1 fully saturated rings. The molecule has 0 saturated carbocycles. The first-order chi connectivity index (χ1) is 11.9. The second-order valence-electron chi connectivity index (χ2n) is 5.73. The van der Waals surface area contributed by atoms with Gasteiger partial charge in [0.1, 0.15) is 11.9 Å². The Morgan fingerprint density at radius 1 is 1.32 bits per heavy atom. The maximum atomic E-state index is 13.1. The minimum absolute atomic E-state index is 0.216. The van der Waals surface area contributed by atoms with E-state index in [1.54, 1.807) is 18.3 Å². The minimum atomic E-state index is -3.84. The van der Waals surface area contributed by atoms with Crippen molar-refractivity contribution in [2.75, 3.05) is 12.4 Å². The summed E-state index contributed by atoms with van der Waals surface area (Å²) in [5, 5.41) is 2.67. The first kappa shape index (κ1) is 17.5. The summed E-state index contributed by atoms with van der Waals surface area (Å²) in [6.07, 6.45) is 3.26. The van der Waals surface area contributed by atoms with Gasteiger partial charge in [-0.15, -0.1) is 0 Å². The third kappa shape index (κ3) is 3.84. The number of benzene rings is 1. The van der Waals surface area contributed by atoms with Crippen LogP contribution in [0.2, 0.25) is 0 Å². The number of amides is 1. The molecule has 2 atom stereocenters. The summed E-state index contributed by atoms with van der Waals surface area (Å²) in [6.45, 7) is 0. The van der Waals surface area contributed by atoms with E-state index in [9.17, 15) is 17.6 Å². The zero-order chi connectivity index (χ0) is 18.0. The van der Waals surface area contributed by atoms with Gasteiger partial charge in [0.2, 0.25) is 5.91 Å². The summed E-state index contributed by atoms with van der Waals surface area (Å²) in [4.78, 5) is 16.5. The van der Waals surface area contributed by atoms with Crippen LogP contribution in [0.5, 0.6) is 0 Å². The smallest absolute Gasteiger partial charge is 0.280 e. The lowest BCUT2D eigenvalue weighted by atomic mass is 9.99. The van der Waals surface area contributed by atoms with Crippen LogP contribution in [0.1, 0.15) is 18.0 Å². The lowest BCUT2D eigenvalue weighted by Crippen LogP contribution is -2.55. The maximum Gasteiger partial charge on any atom is 0.280 e. The summed E-state index contributed by atoms with van der Waals surface area (Å²) < 4.78 is 41.3. The van der Waals surface area contributed by atoms with Gasteiger partial charge in [-0.25, -0.2) is 4.39 Å². The third-order valence-corrected chi connectivity index (χ3v) is 5.67. The van der Waals surface area contributed by atoms with E-state index in [1.807, 2.05) is 0 Å². The summed E-state index contributed by atoms with van der Waals surface area (Å²) in [5.41, 5.74) is 1.08. The Balaban J connectivity index is 1.84. The van der Waals surface area contributed by atoms with Crippen LogP contribution in [0.4, 0.5) is 10.1 Å². The molecule has 1 aromatic heterocycles. The molecule has 2 aromatic rings. The van der Waals surface area contributed by atoms with Gasteiger partial charge in [0.15, 0.2) is 0 Å². The zero-order valence-corrected chi connectivity index (χ0v) is 14.2. The fourth-order valence-electron chi connectivity index (χ4n) is 2.68. The molecular weight excluding hydrogens is 347 g/mol. The van der Waals surface area contributed by atoms with Gasteiger partial charge < -0.3 is 5.32 Å². The molecule has 3 rings (SSSR count). The molecule has 0 unspecified atom stereocenters. The van der Waals surface area contributed by atoms with Crippen LogP contribution in [0.3, 0.4) is 0 Å². The first-order valence-corrected chi connectivity index (χ1v) is 9.02. The van der Waals surface area contributed by atoms with Crippen molar-refractivity contribution < 1.29 is 17.6 Å². The Morgan fingerprint density at radius 3 is 2.68 bits per heavy atom. The molecule has 1 aliphatic heterocycles. The van der Waals surface area contributed by atoms with Crippen LogP contribution in [-0.2, 0) is 15.0 Å². The summed E-state index contributed by atoms with van der Waals surface area (Å²) in [5.74, 6) is -0.863. The van der Waals surface area contributed by atoms with E-state index in [-0.39, 0.29) is 6.42 Å². The van der Waals surface area contributed by atoms with Crippen molar-refractivity contribution >= 4 is 21.8 Å². The fraction of sp³-hybridized carbons (Fsp3) is 0.250. The number of carbonyl (C=O) groups excluding carboxylic acids is 1. The number of pyridine rings is 1. The highest BCUT2D eigenvalue weighted by Gasteiger charge is 2.40. The van der Waals surface area contributed by atoms with E-state index in [0.717, 1.165) is 4.31 Å². The second-order valence-corrected chi connectivity index (χ2v) is 7.49. The molecule has 132 valence electrons. The Kier molecular flexibility index (Phi) is 4.80.